The molecule has 20 heavy (non-hydrogen) atoms. The highest BCUT2D eigenvalue weighted by Crippen LogP contribution is 2.26. The van der Waals surface area contributed by atoms with Gasteiger partial charge >= 0.3 is 0 Å². The van der Waals surface area contributed by atoms with Crippen molar-refractivity contribution in [1.29, 1.82) is 0 Å². The molecule has 0 aliphatic carbocycles. The lowest BCUT2D eigenvalue weighted by Crippen LogP contribution is -2.31. The van der Waals surface area contributed by atoms with E-state index in [2.05, 4.69) is 71.4 Å². The number of benzene rings is 2. The molecule has 2 aromatic rings. The minimum Gasteiger partial charge on any atom is -0.370 e. The molecular weight excluding hydrogens is 244 g/mol. The Kier molecular flexibility index (Phi) is 4.03. The van der Waals surface area contributed by atoms with Gasteiger partial charge < -0.3 is 9.80 Å². The zero-order valence-electron chi connectivity index (χ0n) is 12.1. The second-order valence-corrected chi connectivity index (χ2v) is 5.59. The van der Waals surface area contributed by atoms with Crippen molar-refractivity contribution in [2.24, 2.45) is 0 Å². The first-order valence-corrected chi connectivity index (χ1v) is 7.38. The van der Waals surface area contributed by atoms with E-state index in [-0.39, 0.29) is 0 Å². The molecule has 2 nitrogen and oxygen atoms in total. The van der Waals surface area contributed by atoms with Crippen molar-refractivity contribution in [1.82, 2.24) is 4.90 Å². The predicted molar refractivity (Wildman–Crippen MR) is 85.1 cm³/mol. The molecule has 0 unspecified atom stereocenters. The van der Waals surface area contributed by atoms with Crippen LogP contribution in [0.15, 0.2) is 54.6 Å². The third-order valence-corrected chi connectivity index (χ3v) is 4.03. The van der Waals surface area contributed by atoms with Crippen molar-refractivity contribution in [3.05, 3.63) is 65.7 Å². The Bertz CT molecular complexity index is 550. The maximum absolute atomic E-state index is 2.51. The summed E-state index contributed by atoms with van der Waals surface area (Å²) in [7, 11) is 2.20. The van der Waals surface area contributed by atoms with Crippen LogP contribution in [0.5, 0.6) is 0 Å². The fourth-order valence-corrected chi connectivity index (χ4v) is 2.90. The van der Waals surface area contributed by atoms with Crippen LogP contribution in [0.1, 0.15) is 11.1 Å². The van der Waals surface area contributed by atoms with E-state index in [4.69, 9.17) is 0 Å². The lowest BCUT2D eigenvalue weighted by molar-refractivity contribution is 0.333. The number of para-hydroxylation sites is 1. The van der Waals surface area contributed by atoms with Gasteiger partial charge in [0, 0.05) is 31.9 Å². The lowest BCUT2D eigenvalue weighted by Gasteiger charge is -2.23. The Morgan fingerprint density at radius 2 is 1.75 bits per heavy atom. The third-order valence-electron chi connectivity index (χ3n) is 4.03. The van der Waals surface area contributed by atoms with Crippen molar-refractivity contribution >= 4 is 5.69 Å². The van der Waals surface area contributed by atoms with Crippen LogP contribution < -0.4 is 4.90 Å². The molecule has 0 fully saturated rings. The molecule has 2 aromatic carbocycles. The molecule has 0 saturated heterocycles. The summed E-state index contributed by atoms with van der Waals surface area (Å²) in [4.78, 5) is 4.91. The highest BCUT2D eigenvalue weighted by Gasteiger charge is 2.17. The van der Waals surface area contributed by atoms with E-state index in [9.17, 15) is 0 Å². The Labute approximate surface area is 121 Å². The Morgan fingerprint density at radius 1 is 1.00 bits per heavy atom. The van der Waals surface area contributed by atoms with Gasteiger partial charge in [0.1, 0.15) is 0 Å². The predicted octanol–water partition coefficient (Wildman–Crippen LogP) is 3.18. The quantitative estimate of drug-likeness (QED) is 0.820. The highest BCUT2D eigenvalue weighted by molar-refractivity contribution is 5.57. The number of fused-ring (bicyclic) bond motifs is 1. The number of likely N-dealkylation sites (N-methyl/N-ethyl adjacent to an activating group) is 1. The van der Waals surface area contributed by atoms with E-state index < -0.39 is 0 Å². The van der Waals surface area contributed by atoms with Crippen LogP contribution in [0.3, 0.4) is 0 Å². The van der Waals surface area contributed by atoms with Crippen molar-refractivity contribution in [3.63, 3.8) is 0 Å². The van der Waals surface area contributed by atoms with Crippen LogP contribution in [-0.2, 0) is 13.0 Å². The Balaban J connectivity index is 1.53. The molecule has 0 atom stereocenters. The Morgan fingerprint density at radius 3 is 2.60 bits per heavy atom. The smallest absolute Gasteiger partial charge is 0.0399 e. The van der Waals surface area contributed by atoms with Crippen molar-refractivity contribution in [2.75, 3.05) is 31.6 Å². The number of hydrogen-bond acceptors (Lipinski definition) is 2. The van der Waals surface area contributed by atoms with Gasteiger partial charge in [-0.1, -0.05) is 48.5 Å². The maximum Gasteiger partial charge on any atom is 0.0399 e. The van der Waals surface area contributed by atoms with E-state index >= 15 is 0 Å². The molecule has 0 spiro atoms. The van der Waals surface area contributed by atoms with Gasteiger partial charge in [0.2, 0.25) is 0 Å². The first-order chi connectivity index (χ1) is 9.83. The molecule has 0 bridgehead atoms. The molecule has 1 aliphatic rings. The topological polar surface area (TPSA) is 6.48 Å². The molecule has 0 saturated carbocycles. The summed E-state index contributed by atoms with van der Waals surface area (Å²) in [6, 6.07) is 19.5. The summed E-state index contributed by atoms with van der Waals surface area (Å²) in [6.07, 6.45) is 1.19. The summed E-state index contributed by atoms with van der Waals surface area (Å²) < 4.78 is 0. The average Bonchev–Trinajstić information content (AvgIpc) is 2.89. The number of rotatable bonds is 5. The Hall–Kier alpha value is -1.80. The summed E-state index contributed by atoms with van der Waals surface area (Å²) in [6.45, 7) is 4.40. The molecule has 0 radical (unpaired) electrons. The average molecular weight is 266 g/mol. The first-order valence-electron chi connectivity index (χ1n) is 7.38. The minimum atomic E-state index is 1.02. The molecule has 0 N–H and O–H groups in total. The van der Waals surface area contributed by atoms with Crippen LogP contribution in [0, 0.1) is 0 Å². The molecule has 104 valence electrons. The standard InChI is InChI=1S/C18H22N2/c1-19(15-16-7-3-2-4-8-16)13-14-20-12-11-17-9-5-6-10-18(17)20/h2-10H,11-15H2,1H3. The van der Waals surface area contributed by atoms with Gasteiger partial charge in [-0.05, 0) is 30.7 Å². The SMILES string of the molecule is CN(CCN1CCc2ccccc21)Cc1ccccc1. The minimum absolute atomic E-state index is 1.02. The van der Waals surface area contributed by atoms with Gasteiger partial charge in [-0.3, -0.25) is 0 Å². The molecule has 1 aliphatic heterocycles. The van der Waals surface area contributed by atoms with Gasteiger partial charge in [0.25, 0.3) is 0 Å². The van der Waals surface area contributed by atoms with E-state index in [1.807, 2.05) is 0 Å². The maximum atomic E-state index is 2.51. The van der Waals surface area contributed by atoms with E-state index in [1.54, 1.807) is 0 Å². The summed E-state index contributed by atoms with van der Waals surface area (Å²) in [5.41, 5.74) is 4.32. The fourth-order valence-electron chi connectivity index (χ4n) is 2.90. The second-order valence-electron chi connectivity index (χ2n) is 5.59. The zero-order chi connectivity index (χ0) is 13.8. The van der Waals surface area contributed by atoms with Crippen LogP contribution in [0.2, 0.25) is 0 Å². The van der Waals surface area contributed by atoms with Crippen LogP contribution >= 0.6 is 0 Å². The van der Waals surface area contributed by atoms with E-state index in [0.717, 1.165) is 19.6 Å². The molecule has 1 heterocycles. The van der Waals surface area contributed by atoms with E-state index in [1.165, 1.54) is 29.8 Å². The van der Waals surface area contributed by atoms with Crippen molar-refractivity contribution in [2.45, 2.75) is 13.0 Å². The highest BCUT2D eigenvalue weighted by atomic mass is 15.2. The van der Waals surface area contributed by atoms with Gasteiger partial charge in [0.05, 0.1) is 0 Å². The molecule has 0 aromatic heterocycles. The van der Waals surface area contributed by atoms with Gasteiger partial charge in [0.15, 0.2) is 0 Å². The molecule has 0 amide bonds. The van der Waals surface area contributed by atoms with Crippen LogP contribution in [0.4, 0.5) is 5.69 Å². The summed E-state index contributed by atoms with van der Waals surface area (Å²) in [5, 5.41) is 0. The van der Waals surface area contributed by atoms with Crippen molar-refractivity contribution < 1.29 is 0 Å². The van der Waals surface area contributed by atoms with Gasteiger partial charge in [-0.25, -0.2) is 0 Å². The summed E-state index contributed by atoms with van der Waals surface area (Å²) >= 11 is 0. The number of nitrogens with zero attached hydrogens (tertiary/aromatic N) is 2. The normalized spacial score (nSPS) is 13.8. The van der Waals surface area contributed by atoms with E-state index in [0.29, 0.717) is 0 Å². The number of anilines is 1. The first kappa shape index (κ1) is 13.2. The zero-order valence-corrected chi connectivity index (χ0v) is 12.1. The number of hydrogen-bond donors (Lipinski definition) is 0. The molecule has 3 rings (SSSR count). The van der Waals surface area contributed by atoms with Crippen LogP contribution in [-0.4, -0.2) is 31.6 Å². The van der Waals surface area contributed by atoms with Gasteiger partial charge in [-0.15, -0.1) is 0 Å². The molecular formula is C18H22N2. The van der Waals surface area contributed by atoms with Crippen LogP contribution in [0.25, 0.3) is 0 Å². The summed E-state index contributed by atoms with van der Waals surface area (Å²) in [5.74, 6) is 0. The molecule has 2 heteroatoms. The monoisotopic (exact) mass is 266 g/mol. The lowest BCUT2D eigenvalue weighted by atomic mass is 10.2. The van der Waals surface area contributed by atoms with Gasteiger partial charge in [-0.2, -0.15) is 0 Å². The van der Waals surface area contributed by atoms with Crippen molar-refractivity contribution in [3.8, 4) is 0 Å². The second kappa shape index (κ2) is 6.10. The fraction of sp³-hybridized carbons (Fsp3) is 0.333. The largest absolute Gasteiger partial charge is 0.370 e. The third kappa shape index (κ3) is 3.02.